The van der Waals surface area contributed by atoms with Crippen molar-refractivity contribution in [2.24, 2.45) is 11.8 Å². The van der Waals surface area contributed by atoms with E-state index in [1.165, 1.54) is 11.8 Å². The summed E-state index contributed by atoms with van der Waals surface area (Å²) in [5.41, 5.74) is 3.48. The molecule has 0 spiro atoms. The van der Waals surface area contributed by atoms with E-state index < -0.39 is 17.9 Å². The Morgan fingerprint density at radius 2 is 1.77 bits per heavy atom. The number of phenolic OH excluding ortho intramolecular Hbond substituents is 1. The van der Waals surface area contributed by atoms with Crippen molar-refractivity contribution in [2.75, 3.05) is 0 Å². The van der Waals surface area contributed by atoms with Crippen LogP contribution in [0.2, 0.25) is 0 Å². The average molecular weight is 364 g/mol. The highest BCUT2D eigenvalue weighted by Crippen LogP contribution is 2.45. The zero-order valence-corrected chi connectivity index (χ0v) is 14.5. The van der Waals surface area contributed by atoms with Crippen molar-refractivity contribution >= 4 is 23.2 Å². The molecule has 130 valence electrons. The number of piperidine rings is 1. The van der Waals surface area contributed by atoms with E-state index in [4.69, 9.17) is 0 Å². The molecule has 2 heterocycles. The van der Waals surface area contributed by atoms with Gasteiger partial charge in [-0.05, 0) is 28.2 Å². The number of thioether (sulfide) groups is 1. The van der Waals surface area contributed by atoms with E-state index in [1.54, 1.807) is 12.1 Å². The third-order valence-electron chi connectivity index (χ3n) is 4.88. The zero-order valence-electron chi connectivity index (χ0n) is 13.7. The van der Waals surface area contributed by atoms with Crippen LogP contribution < -0.4 is 5.32 Å². The number of aromatic hydroxyl groups is 1. The predicted octanol–water partition coefficient (Wildman–Crippen LogP) is 2.72. The summed E-state index contributed by atoms with van der Waals surface area (Å²) in [7, 11) is 0. The largest absolute Gasteiger partial charge is 0.507 e. The molecule has 4 atom stereocenters. The Bertz CT molecular complexity index is 933. The van der Waals surface area contributed by atoms with Crippen LogP contribution in [0.5, 0.6) is 5.75 Å². The van der Waals surface area contributed by atoms with Crippen LogP contribution >= 0.6 is 11.8 Å². The van der Waals surface area contributed by atoms with Gasteiger partial charge in [-0.2, -0.15) is 5.26 Å². The lowest BCUT2D eigenvalue weighted by Crippen LogP contribution is -2.54. The molecule has 0 aliphatic carbocycles. The summed E-state index contributed by atoms with van der Waals surface area (Å²) in [5, 5.41) is 34.2. The number of aliphatic hydroxyl groups is 1. The van der Waals surface area contributed by atoms with Crippen LogP contribution in [0.3, 0.4) is 0 Å². The third kappa shape index (κ3) is 2.66. The molecular formula is C20H16N2O3S. The van der Waals surface area contributed by atoms with Gasteiger partial charge in [0.15, 0.2) is 5.92 Å². The molecule has 5 nitrogen and oxygen atoms in total. The quantitative estimate of drug-likeness (QED) is 0.762. The lowest BCUT2D eigenvalue weighted by atomic mass is 9.80. The van der Waals surface area contributed by atoms with Gasteiger partial charge < -0.3 is 15.5 Å². The first-order valence-corrected chi connectivity index (χ1v) is 9.17. The van der Waals surface area contributed by atoms with Gasteiger partial charge in [0, 0.05) is 11.5 Å². The first kappa shape index (κ1) is 16.7. The number of fused-ring (bicyclic) bond motifs is 1. The van der Waals surface area contributed by atoms with Gasteiger partial charge in [-0.25, -0.2) is 0 Å². The molecule has 26 heavy (non-hydrogen) atoms. The lowest BCUT2D eigenvalue weighted by Gasteiger charge is -2.35. The van der Waals surface area contributed by atoms with E-state index in [9.17, 15) is 20.3 Å². The minimum atomic E-state index is -1.06. The molecule has 0 radical (unpaired) electrons. The molecule has 1 amide bonds. The van der Waals surface area contributed by atoms with Crippen LogP contribution in [0.25, 0.3) is 16.7 Å². The van der Waals surface area contributed by atoms with Gasteiger partial charge in [-0.15, -0.1) is 11.8 Å². The van der Waals surface area contributed by atoms with Crippen LogP contribution in [0.15, 0.2) is 53.9 Å². The van der Waals surface area contributed by atoms with Gasteiger partial charge in [-0.1, -0.05) is 42.5 Å². The number of aliphatic hydroxyl groups excluding tert-OH is 1. The highest BCUT2D eigenvalue weighted by atomic mass is 32.2. The second-order valence-electron chi connectivity index (χ2n) is 6.36. The SMILES string of the molecule is N#CC1C(=O)NC2SC=C(c3ccc(-c4ccccc4O)cc3)C2C1O. The van der Waals surface area contributed by atoms with Crippen molar-refractivity contribution in [2.45, 2.75) is 11.5 Å². The van der Waals surface area contributed by atoms with Crippen molar-refractivity contribution in [3.05, 3.63) is 59.5 Å². The maximum atomic E-state index is 11.9. The number of nitrogens with one attached hydrogen (secondary N) is 1. The molecule has 2 aliphatic rings. The van der Waals surface area contributed by atoms with E-state index in [2.05, 4.69) is 5.32 Å². The number of amides is 1. The maximum absolute atomic E-state index is 11.9. The van der Waals surface area contributed by atoms with Gasteiger partial charge in [-0.3, -0.25) is 4.79 Å². The molecule has 6 heteroatoms. The first-order valence-electron chi connectivity index (χ1n) is 8.22. The second-order valence-corrected chi connectivity index (χ2v) is 7.37. The number of rotatable bonds is 2. The Labute approximate surface area is 155 Å². The summed E-state index contributed by atoms with van der Waals surface area (Å²) in [5.74, 6) is -1.58. The average Bonchev–Trinajstić information content (AvgIpc) is 3.06. The summed E-state index contributed by atoms with van der Waals surface area (Å²) >= 11 is 1.45. The highest BCUT2D eigenvalue weighted by Gasteiger charge is 2.47. The monoisotopic (exact) mass is 364 g/mol. The maximum Gasteiger partial charge on any atom is 0.240 e. The normalized spacial score (nSPS) is 27.2. The van der Waals surface area contributed by atoms with E-state index >= 15 is 0 Å². The summed E-state index contributed by atoms with van der Waals surface area (Å²) in [6, 6.07) is 16.7. The third-order valence-corrected chi connectivity index (χ3v) is 5.97. The number of carbonyl (C=O) groups is 1. The Kier molecular flexibility index (Phi) is 4.19. The Balaban J connectivity index is 1.63. The van der Waals surface area contributed by atoms with Gasteiger partial charge in [0.05, 0.1) is 17.5 Å². The number of para-hydroxylation sites is 1. The van der Waals surface area contributed by atoms with E-state index in [0.717, 1.165) is 22.3 Å². The summed E-state index contributed by atoms with van der Waals surface area (Å²) in [4.78, 5) is 11.9. The topological polar surface area (TPSA) is 93.4 Å². The molecule has 4 unspecified atom stereocenters. The molecule has 3 N–H and O–H groups in total. The van der Waals surface area contributed by atoms with E-state index in [0.29, 0.717) is 0 Å². The molecule has 0 saturated carbocycles. The first-order chi connectivity index (χ1) is 12.6. The highest BCUT2D eigenvalue weighted by molar-refractivity contribution is 8.03. The number of nitrogens with zero attached hydrogens (tertiary/aromatic N) is 1. The molecule has 1 saturated heterocycles. The molecular weight excluding hydrogens is 348 g/mol. The summed E-state index contributed by atoms with van der Waals surface area (Å²) < 4.78 is 0. The summed E-state index contributed by atoms with van der Waals surface area (Å²) in [6.07, 6.45) is -1.03. The lowest BCUT2D eigenvalue weighted by molar-refractivity contribution is -0.130. The van der Waals surface area contributed by atoms with Crippen LogP contribution in [-0.2, 0) is 4.79 Å². The summed E-state index contributed by atoms with van der Waals surface area (Å²) in [6.45, 7) is 0. The Morgan fingerprint density at radius 3 is 2.46 bits per heavy atom. The number of hydrogen-bond acceptors (Lipinski definition) is 5. The van der Waals surface area contributed by atoms with Crippen molar-refractivity contribution in [3.8, 4) is 22.9 Å². The standard InChI is InChI=1S/C20H16N2O3S/c21-9-14-18(24)17-15(10-26-20(17)22-19(14)25)12-7-5-11(6-8-12)13-3-1-2-4-16(13)23/h1-8,10,14,17-18,20,23-24H,(H,22,25). The van der Waals surface area contributed by atoms with Crippen molar-refractivity contribution < 1.29 is 15.0 Å². The fraction of sp³-hybridized carbons (Fsp3) is 0.200. The van der Waals surface area contributed by atoms with Crippen molar-refractivity contribution in [1.29, 1.82) is 5.26 Å². The van der Waals surface area contributed by atoms with Crippen LogP contribution in [0.1, 0.15) is 5.56 Å². The van der Waals surface area contributed by atoms with E-state index in [1.807, 2.05) is 47.9 Å². The number of nitriles is 1. The fourth-order valence-electron chi connectivity index (χ4n) is 3.51. The molecule has 1 fully saturated rings. The minimum Gasteiger partial charge on any atom is -0.507 e. The zero-order chi connectivity index (χ0) is 18.3. The Morgan fingerprint density at radius 1 is 1.08 bits per heavy atom. The number of phenols is 1. The van der Waals surface area contributed by atoms with Gasteiger partial charge in [0.2, 0.25) is 5.91 Å². The predicted molar refractivity (Wildman–Crippen MR) is 99.6 cm³/mol. The molecule has 4 rings (SSSR count). The van der Waals surface area contributed by atoms with Crippen LogP contribution in [0.4, 0.5) is 0 Å². The Hall–Kier alpha value is -2.75. The number of carbonyl (C=O) groups excluding carboxylic acids is 1. The number of benzene rings is 2. The molecule has 2 aliphatic heterocycles. The van der Waals surface area contributed by atoms with Gasteiger partial charge in [0.25, 0.3) is 0 Å². The van der Waals surface area contributed by atoms with Crippen LogP contribution in [0, 0.1) is 23.2 Å². The molecule has 0 aromatic heterocycles. The molecule has 2 aromatic carbocycles. The van der Waals surface area contributed by atoms with E-state index in [-0.39, 0.29) is 17.0 Å². The van der Waals surface area contributed by atoms with Gasteiger partial charge in [0.1, 0.15) is 5.75 Å². The smallest absolute Gasteiger partial charge is 0.240 e. The van der Waals surface area contributed by atoms with Crippen LogP contribution in [-0.4, -0.2) is 27.6 Å². The second kappa shape index (κ2) is 6.52. The number of hydrogen-bond donors (Lipinski definition) is 3. The molecule has 0 bridgehead atoms. The van der Waals surface area contributed by atoms with Crippen molar-refractivity contribution in [1.82, 2.24) is 5.32 Å². The van der Waals surface area contributed by atoms with Crippen molar-refractivity contribution in [3.63, 3.8) is 0 Å². The minimum absolute atomic E-state index is 0.221. The van der Waals surface area contributed by atoms with Gasteiger partial charge >= 0.3 is 0 Å². The molecule has 2 aromatic rings. The fourth-order valence-corrected chi connectivity index (χ4v) is 4.76.